The van der Waals surface area contributed by atoms with Crippen molar-refractivity contribution in [2.75, 3.05) is 5.75 Å². The first kappa shape index (κ1) is 15.7. The zero-order valence-electron chi connectivity index (χ0n) is 10.0. The van der Waals surface area contributed by atoms with Gasteiger partial charge in [0, 0.05) is 11.6 Å². The molecule has 0 saturated carbocycles. The molecule has 6 heteroatoms. The third-order valence-corrected chi connectivity index (χ3v) is 2.81. The Morgan fingerprint density at radius 1 is 1.42 bits per heavy atom. The maximum Gasteiger partial charge on any atom is 0.328 e. The van der Waals surface area contributed by atoms with Crippen LogP contribution in [0, 0.1) is 5.82 Å². The van der Waals surface area contributed by atoms with Crippen molar-refractivity contribution in [2.45, 2.75) is 18.6 Å². The highest BCUT2D eigenvalue weighted by Crippen LogP contribution is 2.22. The number of benzene rings is 1. The van der Waals surface area contributed by atoms with Crippen LogP contribution < -0.4 is 0 Å². The van der Waals surface area contributed by atoms with Crippen LogP contribution in [0.2, 0.25) is 0 Å². The molecule has 104 valence electrons. The van der Waals surface area contributed by atoms with E-state index in [1.807, 2.05) is 0 Å². The minimum absolute atomic E-state index is 0.0389. The molecule has 0 saturated heterocycles. The van der Waals surface area contributed by atoms with Gasteiger partial charge in [0.2, 0.25) is 0 Å². The average molecular weight is 286 g/mol. The van der Waals surface area contributed by atoms with Gasteiger partial charge in [0.25, 0.3) is 0 Å². The number of thiol groups is 1. The number of aliphatic carboxylic acids is 1. The van der Waals surface area contributed by atoms with Gasteiger partial charge in [-0.05, 0) is 35.9 Å². The van der Waals surface area contributed by atoms with E-state index in [4.69, 9.17) is 5.11 Å². The minimum Gasteiger partial charge on any atom is -0.478 e. The lowest BCUT2D eigenvalue weighted by Gasteiger charge is -2.17. The van der Waals surface area contributed by atoms with Gasteiger partial charge in [-0.25, -0.2) is 9.18 Å². The fourth-order valence-corrected chi connectivity index (χ4v) is 1.81. The van der Waals surface area contributed by atoms with E-state index in [-0.39, 0.29) is 5.56 Å². The van der Waals surface area contributed by atoms with Crippen LogP contribution >= 0.6 is 12.6 Å². The fourth-order valence-electron chi connectivity index (χ4n) is 1.55. The number of aliphatic hydroxyl groups excluding tert-OH is 2. The average Bonchev–Trinajstić information content (AvgIpc) is 2.37. The van der Waals surface area contributed by atoms with Crippen LogP contribution in [0.15, 0.2) is 24.3 Å². The van der Waals surface area contributed by atoms with Crippen molar-refractivity contribution in [3.8, 4) is 0 Å². The molecule has 0 amide bonds. The Kier molecular flexibility index (Phi) is 6.01. The van der Waals surface area contributed by atoms with Crippen LogP contribution in [0.1, 0.15) is 23.7 Å². The van der Waals surface area contributed by atoms with Crippen molar-refractivity contribution < 1.29 is 24.5 Å². The Hall–Kier alpha value is -1.37. The van der Waals surface area contributed by atoms with Gasteiger partial charge in [0.15, 0.2) is 0 Å². The quantitative estimate of drug-likeness (QED) is 0.473. The van der Waals surface area contributed by atoms with Crippen molar-refractivity contribution in [1.82, 2.24) is 0 Å². The predicted octanol–water partition coefficient (Wildman–Crippen LogP) is 1.64. The molecule has 0 aliphatic heterocycles. The van der Waals surface area contributed by atoms with Gasteiger partial charge >= 0.3 is 5.97 Å². The van der Waals surface area contributed by atoms with E-state index in [1.54, 1.807) is 0 Å². The van der Waals surface area contributed by atoms with Gasteiger partial charge in [-0.2, -0.15) is 12.6 Å². The molecule has 1 rings (SSSR count). The third kappa shape index (κ3) is 4.66. The molecule has 2 atom stereocenters. The highest BCUT2D eigenvalue weighted by atomic mass is 32.1. The number of halogens is 1. The summed E-state index contributed by atoms with van der Waals surface area (Å²) in [6.07, 6.45) is 0.0310. The summed E-state index contributed by atoms with van der Waals surface area (Å²) in [6, 6.07) is 3.77. The molecule has 1 aromatic carbocycles. The van der Waals surface area contributed by atoms with Gasteiger partial charge in [0.1, 0.15) is 11.9 Å². The second-order valence-corrected chi connectivity index (χ2v) is 4.42. The summed E-state index contributed by atoms with van der Waals surface area (Å²) in [6.45, 7) is 0. The van der Waals surface area contributed by atoms with Crippen LogP contribution in [0.4, 0.5) is 4.39 Å². The van der Waals surface area contributed by atoms with E-state index in [2.05, 4.69) is 12.6 Å². The summed E-state index contributed by atoms with van der Waals surface area (Å²) in [5, 5.41) is 28.0. The molecular weight excluding hydrogens is 271 g/mol. The van der Waals surface area contributed by atoms with E-state index < -0.39 is 24.0 Å². The SMILES string of the molecule is O=C(O)/C=C/c1cc(C(O)C(O)CCS)ccc1F. The number of carboxylic acid groups (broad SMARTS) is 1. The molecule has 0 bridgehead atoms. The lowest BCUT2D eigenvalue weighted by molar-refractivity contribution is -0.131. The molecular formula is C13H15FO4S. The van der Waals surface area contributed by atoms with Crippen LogP contribution in [-0.4, -0.2) is 33.1 Å². The van der Waals surface area contributed by atoms with E-state index in [1.165, 1.54) is 12.1 Å². The Morgan fingerprint density at radius 3 is 2.68 bits per heavy atom. The van der Waals surface area contributed by atoms with Gasteiger partial charge < -0.3 is 15.3 Å². The second-order valence-electron chi connectivity index (χ2n) is 3.98. The highest BCUT2D eigenvalue weighted by Gasteiger charge is 2.18. The van der Waals surface area contributed by atoms with Crippen molar-refractivity contribution in [3.05, 3.63) is 41.2 Å². The molecule has 0 spiro atoms. The summed E-state index contributed by atoms with van der Waals surface area (Å²) in [5.74, 6) is -1.39. The van der Waals surface area contributed by atoms with Gasteiger partial charge in [0.05, 0.1) is 6.10 Å². The first-order valence-corrected chi connectivity index (χ1v) is 6.26. The predicted molar refractivity (Wildman–Crippen MR) is 72.5 cm³/mol. The molecule has 0 fully saturated rings. The summed E-state index contributed by atoms with van der Waals surface area (Å²) in [7, 11) is 0. The number of rotatable bonds is 6. The first-order chi connectivity index (χ1) is 8.95. The maximum absolute atomic E-state index is 13.4. The summed E-state index contributed by atoms with van der Waals surface area (Å²) < 4.78 is 13.4. The molecule has 0 radical (unpaired) electrons. The molecule has 0 aromatic heterocycles. The monoisotopic (exact) mass is 286 g/mol. The highest BCUT2D eigenvalue weighted by molar-refractivity contribution is 7.80. The lowest BCUT2D eigenvalue weighted by Crippen LogP contribution is -2.18. The summed E-state index contributed by atoms with van der Waals surface area (Å²) in [4.78, 5) is 10.4. The Morgan fingerprint density at radius 2 is 2.11 bits per heavy atom. The number of carboxylic acids is 1. The normalized spacial score (nSPS) is 14.5. The fraction of sp³-hybridized carbons (Fsp3) is 0.308. The van der Waals surface area contributed by atoms with Crippen LogP contribution in [0.3, 0.4) is 0 Å². The van der Waals surface area contributed by atoms with E-state index in [9.17, 15) is 19.4 Å². The molecule has 1 aromatic rings. The molecule has 0 aliphatic rings. The Labute approximate surface area is 115 Å². The number of aliphatic hydroxyl groups is 2. The van der Waals surface area contributed by atoms with Crippen molar-refractivity contribution in [1.29, 1.82) is 0 Å². The van der Waals surface area contributed by atoms with Crippen molar-refractivity contribution >= 4 is 24.7 Å². The molecule has 0 aliphatic carbocycles. The number of hydrogen-bond acceptors (Lipinski definition) is 4. The molecule has 0 heterocycles. The molecule has 2 unspecified atom stereocenters. The number of hydrogen-bond donors (Lipinski definition) is 4. The van der Waals surface area contributed by atoms with Crippen molar-refractivity contribution in [2.24, 2.45) is 0 Å². The number of carbonyl (C=O) groups is 1. The second kappa shape index (κ2) is 7.28. The summed E-state index contributed by atoms with van der Waals surface area (Å²) >= 11 is 3.95. The van der Waals surface area contributed by atoms with Crippen LogP contribution in [0.25, 0.3) is 6.08 Å². The first-order valence-electron chi connectivity index (χ1n) is 5.63. The zero-order valence-corrected chi connectivity index (χ0v) is 10.9. The molecule has 3 N–H and O–H groups in total. The van der Waals surface area contributed by atoms with Gasteiger partial charge in [-0.1, -0.05) is 6.07 Å². The van der Waals surface area contributed by atoms with Gasteiger partial charge in [-0.15, -0.1) is 0 Å². The Balaban J connectivity index is 2.98. The topological polar surface area (TPSA) is 77.8 Å². The standard InChI is InChI=1S/C13H15FO4S/c14-10-3-1-9(13(18)11(15)5-6-19)7-8(10)2-4-12(16)17/h1-4,7,11,13,15,18-19H,5-6H2,(H,16,17)/b4-2+. The third-order valence-electron chi connectivity index (χ3n) is 2.56. The van der Waals surface area contributed by atoms with E-state index >= 15 is 0 Å². The lowest BCUT2D eigenvalue weighted by atomic mass is 10.00. The smallest absolute Gasteiger partial charge is 0.328 e. The van der Waals surface area contributed by atoms with Crippen LogP contribution in [0.5, 0.6) is 0 Å². The minimum atomic E-state index is -1.19. The van der Waals surface area contributed by atoms with Crippen LogP contribution in [-0.2, 0) is 4.79 Å². The molecule has 19 heavy (non-hydrogen) atoms. The largest absolute Gasteiger partial charge is 0.478 e. The van der Waals surface area contributed by atoms with Gasteiger partial charge in [-0.3, -0.25) is 0 Å². The van der Waals surface area contributed by atoms with E-state index in [0.29, 0.717) is 17.7 Å². The maximum atomic E-state index is 13.4. The molecule has 4 nitrogen and oxygen atoms in total. The summed E-state index contributed by atoms with van der Waals surface area (Å²) in [5.41, 5.74) is 0.359. The Bertz CT molecular complexity index is 476. The van der Waals surface area contributed by atoms with Crippen molar-refractivity contribution in [3.63, 3.8) is 0 Å². The zero-order chi connectivity index (χ0) is 14.4. The van der Waals surface area contributed by atoms with E-state index in [0.717, 1.165) is 18.2 Å².